The van der Waals surface area contributed by atoms with Gasteiger partial charge in [0.15, 0.2) is 0 Å². The second-order valence-electron chi connectivity index (χ2n) is 5.24. The van der Waals surface area contributed by atoms with E-state index >= 15 is 0 Å². The molecule has 0 aliphatic rings. The molecule has 0 amide bonds. The summed E-state index contributed by atoms with van der Waals surface area (Å²) in [5.41, 5.74) is 3.62. The Labute approximate surface area is 155 Å². The number of fused-ring (bicyclic) bond motifs is 1. The molecule has 0 bridgehead atoms. The van der Waals surface area contributed by atoms with Crippen LogP contribution in [0.15, 0.2) is 48.4 Å². The van der Waals surface area contributed by atoms with Crippen LogP contribution < -0.4 is 9.41 Å². The van der Waals surface area contributed by atoms with Gasteiger partial charge in [0.2, 0.25) is 0 Å². The molecular weight excluding hydrogens is 436 g/mol. The zero-order valence-corrected chi connectivity index (χ0v) is 16.9. The van der Waals surface area contributed by atoms with Crippen LogP contribution in [0.2, 0.25) is 0 Å². The fraction of sp³-hybridized carbons (Fsp3) is 0.111. The zero-order valence-electron chi connectivity index (χ0n) is 13.0. The first-order valence-electron chi connectivity index (χ1n) is 7.15. The van der Waals surface area contributed by atoms with E-state index in [1.807, 2.05) is 18.2 Å². The number of hydrogen-bond donors (Lipinski definition) is 0. The van der Waals surface area contributed by atoms with Crippen molar-refractivity contribution in [1.29, 1.82) is 0 Å². The Morgan fingerprint density at radius 2 is 1.96 bits per heavy atom. The summed E-state index contributed by atoms with van der Waals surface area (Å²) in [5, 5.41) is 3.22. The molecule has 0 N–H and O–H groups in total. The lowest BCUT2D eigenvalue weighted by molar-refractivity contribution is 0.490. The lowest BCUT2D eigenvalue weighted by Crippen LogP contribution is -2.03. The summed E-state index contributed by atoms with van der Waals surface area (Å²) in [6.45, 7) is 6.08. The van der Waals surface area contributed by atoms with E-state index in [1.54, 1.807) is 11.3 Å². The van der Waals surface area contributed by atoms with Crippen molar-refractivity contribution in [2.24, 2.45) is 0 Å². The quantitative estimate of drug-likeness (QED) is 0.304. The summed E-state index contributed by atoms with van der Waals surface area (Å²) in [4.78, 5) is 0. The molecule has 1 atom stereocenters. The average Bonchev–Trinajstić information content (AvgIpc) is 2.98. The number of halogens is 1. The Kier molecular flexibility index (Phi) is 5.24. The maximum atomic E-state index is 6.08. The normalized spacial score (nSPS) is 11.3. The van der Waals surface area contributed by atoms with E-state index in [1.165, 1.54) is 21.5 Å². The van der Waals surface area contributed by atoms with Crippen molar-refractivity contribution < 1.29 is 4.74 Å². The Morgan fingerprint density at radius 1 is 1.22 bits per heavy atom. The van der Waals surface area contributed by atoms with Gasteiger partial charge in [-0.25, -0.2) is 0 Å². The van der Waals surface area contributed by atoms with Crippen LogP contribution in [0.3, 0.4) is 0 Å². The van der Waals surface area contributed by atoms with Crippen LogP contribution in [0.25, 0.3) is 16.2 Å². The van der Waals surface area contributed by atoms with Crippen LogP contribution in [0.4, 0.5) is 5.69 Å². The van der Waals surface area contributed by atoms with Gasteiger partial charge in [-0.2, -0.15) is 0 Å². The number of anilines is 1. The van der Waals surface area contributed by atoms with Gasteiger partial charge >= 0.3 is 0 Å². The molecule has 0 radical (unpaired) electrons. The topological polar surface area (TPSA) is 12.5 Å². The van der Waals surface area contributed by atoms with Crippen molar-refractivity contribution in [3.8, 4) is 11.5 Å². The van der Waals surface area contributed by atoms with Gasteiger partial charge in [0.05, 0.1) is 0 Å². The van der Waals surface area contributed by atoms with Crippen LogP contribution in [0.1, 0.15) is 11.1 Å². The molecule has 0 aliphatic heterocycles. The maximum Gasteiger partial charge on any atom is 0.145 e. The monoisotopic (exact) mass is 453 g/mol. The Balaban J connectivity index is 2.04. The first-order chi connectivity index (χ1) is 11.1. The van der Waals surface area contributed by atoms with Gasteiger partial charge < -0.3 is 9.41 Å². The van der Waals surface area contributed by atoms with Crippen molar-refractivity contribution >= 4 is 61.6 Å². The van der Waals surface area contributed by atoms with E-state index in [0.717, 1.165) is 16.9 Å². The van der Waals surface area contributed by atoms with Crippen LogP contribution in [-0.4, -0.2) is 7.05 Å². The van der Waals surface area contributed by atoms with Crippen LogP contribution in [0.5, 0.6) is 11.5 Å². The number of benzene rings is 2. The van der Waals surface area contributed by atoms with E-state index in [0.29, 0.717) is 6.37 Å². The average molecular weight is 453 g/mol. The summed E-state index contributed by atoms with van der Waals surface area (Å²) < 4.78 is 9.55. The van der Waals surface area contributed by atoms with E-state index in [2.05, 4.69) is 76.9 Å². The summed E-state index contributed by atoms with van der Waals surface area (Å²) in [7, 11) is 2.11. The minimum Gasteiger partial charge on any atom is -0.456 e. The molecule has 2 aromatic carbocycles. The lowest BCUT2D eigenvalue weighted by atomic mass is 10.1. The third-order valence-electron chi connectivity index (χ3n) is 3.66. The minimum atomic E-state index is 0.692. The molecule has 0 spiro atoms. The molecule has 0 saturated carbocycles. The molecule has 1 heterocycles. The summed E-state index contributed by atoms with van der Waals surface area (Å²) in [5.74, 6) is 1.77. The van der Waals surface area contributed by atoms with Crippen LogP contribution in [-0.2, 0) is 0 Å². The molecule has 5 heteroatoms. The second kappa shape index (κ2) is 7.20. The first kappa shape index (κ1) is 16.7. The van der Waals surface area contributed by atoms with Gasteiger partial charge in [-0.05, 0) is 53.2 Å². The highest BCUT2D eigenvalue weighted by Crippen LogP contribution is 2.43. The molecule has 0 aliphatic carbocycles. The number of nitrogens with zero attached hydrogens (tertiary/aromatic N) is 1. The fourth-order valence-electron chi connectivity index (χ4n) is 2.43. The largest absolute Gasteiger partial charge is 0.456 e. The first-order valence-corrected chi connectivity index (χ1v) is 12.1. The van der Waals surface area contributed by atoms with Crippen LogP contribution in [0, 0.1) is 6.92 Å². The van der Waals surface area contributed by atoms with Crippen molar-refractivity contribution in [3.63, 3.8) is 0 Å². The predicted molar refractivity (Wildman–Crippen MR) is 114 cm³/mol. The summed E-state index contributed by atoms with van der Waals surface area (Å²) >= 11 is 4.10. The minimum absolute atomic E-state index is 0.692. The number of thiophene rings is 1. The molecule has 1 unspecified atom stereocenters. The standard InChI is InChI=1S/C18H17INOPS/c1-4-14-16(20(3)22-19)10-9-15-17(11-23-18(14)15)21-13-7-5-12(2)6-8-13/h4-11,22H,1H2,2-3H3. The summed E-state index contributed by atoms with van der Waals surface area (Å²) in [6.07, 6.45) is 2.63. The van der Waals surface area contributed by atoms with Gasteiger partial charge in [-0.1, -0.05) is 30.4 Å². The number of aryl methyl sites for hydroxylation is 1. The van der Waals surface area contributed by atoms with Crippen molar-refractivity contribution in [3.05, 3.63) is 59.5 Å². The van der Waals surface area contributed by atoms with Gasteiger partial charge in [0, 0.05) is 40.1 Å². The van der Waals surface area contributed by atoms with E-state index < -0.39 is 0 Å². The Hall–Kier alpha value is -1.10. The van der Waals surface area contributed by atoms with E-state index in [9.17, 15) is 0 Å². The third-order valence-corrected chi connectivity index (χ3v) is 7.34. The molecule has 23 heavy (non-hydrogen) atoms. The smallest absolute Gasteiger partial charge is 0.145 e. The van der Waals surface area contributed by atoms with Crippen molar-refractivity contribution in [2.45, 2.75) is 6.92 Å². The third kappa shape index (κ3) is 3.39. The Morgan fingerprint density at radius 3 is 2.61 bits per heavy atom. The van der Waals surface area contributed by atoms with Gasteiger partial charge in [-0.3, -0.25) is 0 Å². The predicted octanol–water partition coefficient (Wildman–Crippen LogP) is 7.02. The number of rotatable bonds is 5. The zero-order chi connectivity index (χ0) is 16.4. The van der Waals surface area contributed by atoms with E-state index in [4.69, 9.17) is 4.74 Å². The van der Waals surface area contributed by atoms with Crippen molar-refractivity contribution in [1.82, 2.24) is 0 Å². The number of ether oxygens (including phenoxy) is 1. The molecule has 118 valence electrons. The second-order valence-corrected chi connectivity index (χ2v) is 8.40. The molecule has 0 fully saturated rings. The van der Waals surface area contributed by atoms with Gasteiger partial charge in [0.25, 0.3) is 0 Å². The Bertz CT molecular complexity index is 844. The molecular formula is C18H17INOPS. The maximum absolute atomic E-state index is 6.08. The highest BCUT2D eigenvalue weighted by molar-refractivity contribution is 14.2. The molecule has 3 rings (SSSR count). The van der Waals surface area contributed by atoms with Crippen LogP contribution >= 0.6 is 39.8 Å². The van der Waals surface area contributed by atoms with Gasteiger partial charge in [0.1, 0.15) is 11.5 Å². The van der Waals surface area contributed by atoms with E-state index in [-0.39, 0.29) is 0 Å². The highest BCUT2D eigenvalue weighted by Gasteiger charge is 2.14. The fourth-order valence-corrected chi connectivity index (χ4v) is 4.51. The highest BCUT2D eigenvalue weighted by atomic mass is 127. The lowest BCUT2D eigenvalue weighted by Gasteiger charge is -2.18. The number of hydrogen-bond acceptors (Lipinski definition) is 3. The molecule has 3 aromatic rings. The summed E-state index contributed by atoms with van der Waals surface area (Å²) in [6, 6.07) is 12.4. The SMILES string of the molecule is C=Cc1c(N(C)PI)ccc2c(Oc3ccc(C)cc3)csc12. The molecule has 2 nitrogen and oxygen atoms in total. The van der Waals surface area contributed by atoms with Gasteiger partial charge in [-0.15, -0.1) is 11.3 Å². The molecule has 0 saturated heterocycles. The molecule has 1 aromatic heterocycles. The van der Waals surface area contributed by atoms with Crippen molar-refractivity contribution in [2.75, 3.05) is 11.7 Å².